The van der Waals surface area contributed by atoms with E-state index in [1.807, 2.05) is 13.0 Å². The van der Waals surface area contributed by atoms with Gasteiger partial charge in [-0.1, -0.05) is 11.6 Å². The van der Waals surface area contributed by atoms with E-state index >= 15 is 0 Å². The number of anilines is 1. The number of rotatable bonds is 6. The zero-order valence-corrected chi connectivity index (χ0v) is 19.9. The lowest BCUT2D eigenvalue weighted by molar-refractivity contribution is -0.143. The van der Waals surface area contributed by atoms with Crippen LogP contribution in [-0.4, -0.2) is 50.0 Å². The first-order valence-electron chi connectivity index (χ1n) is 11.5. The zero-order chi connectivity index (χ0) is 25.4. The third kappa shape index (κ3) is 4.19. The molecule has 2 amide bonds. The molecule has 0 atom stereocenters. The Morgan fingerprint density at radius 1 is 1.08 bits per heavy atom. The number of amides is 2. The highest BCUT2D eigenvalue weighted by Gasteiger charge is 2.22. The van der Waals surface area contributed by atoms with Gasteiger partial charge in [0.25, 0.3) is 11.5 Å². The second kappa shape index (κ2) is 9.25. The summed E-state index contributed by atoms with van der Waals surface area (Å²) in [6, 6.07) is 12.1. The second-order valence-corrected chi connectivity index (χ2v) is 8.68. The summed E-state index contributed by atoms with van der Waals surface area (Å²) in [5.74, 6) is -0.336. The molecule has 0 bridgehead atoms. The molecule has 11 heteroatoms. The fourth-order valence-corrected chi connectivity index (χ4v) is 4.32. The molecule has 1 saturated heterocycles. The number of ether oxygens (including phenoxy) is 1. The molecule has 36 heavy (non-hydrogen) atoms. The van der Waals surface area contributed by atoms with E-state index in [-0.39, 0.29) is 24.6 Å². The maximum atomic E-state index is 12.7. The number of fused-ring (bicyclic) bond motifs is 3. The SMILES string of the molecule is Cc1ccc2c(c1)c(=O)n(C)c1nnc(COC(=O)CNC(=O)c3ccc(N4CCCC4=O)cc3)n21. The third-order valence-electron chi connectivity index (χ3n) is 6.21. The van der Waals surface area contributed by atoms with Gasteiger partial charge < -0.3 is 15.0 Å². The van der Waals surface area contributed by atoms with Crippen molar-refractivity contribution in [1.82, 2.24) is 24.5 Å². The average molecular weight is 489 g/mol. The summed E-state index contributed by atoms with van der Waals surface area (Å²) in [5.41, 5.74) is 2.47. The molecule has 3 heterocycles. The first-order valence-corrected chi connectivity index (χ1v) is 11.5. The van der Waals surface area contributed by atoms with Crippen LogP contribution in [0.5, 0.6) is 0 Å². The van der Waals surface area contributed by atoms with Crippen LogP contribution in [0.1, 0.15) is 34.6 Å². The number of esters is 1. The Kier molecular flexibility index (Phi) is 5.96. The van der Waals surface area contributed by atoms with Crippen molar-refractivity contribution in [2.24, 2.45) is 7.05 Å². The lowest BCUT2D eigenvalue weighted by atomic mass is 10.1. The molecular weight excluding hydrogens is 464 g/mol. The van der Waals surface area contributed by atoms with Crippen molar-refractivity contribution in [2.45, 2.75) is 26.4 Å². The van der Waals surface area contributed by atoms with Crippen LogP contribution in [0.2, 0.25) is 0 Å². The van der Waals surface area contributed by atoms with Gasteiger partial charge in [0.1, 0.15) is 6.54 Å². The minimum absolute atomic E-state index is 0.0701. The molecule has 0 saturated carbocycles. The Labute approximate surface area is 205 Å². The lowest BCUT2D eigenvalue weighted by Crippen LogP contribution is -2.30. The summed E-state index contributed by atoms with van der Waals surface area (Å²) in [6.45, 7) is 2.05. The molecule has 2 aromatic heterocycles. The van der Waals surface area contributed by atoms with E-state index < -0.39 is 11.9 Å². The van der Waals surface area contributed by atoms with Crippen molar-refractivity contribution in [1.29, 1.82) is 0 Å². The van der Waals surface area contributed by atoms with E-state index in [1.165, 1.54) is 4.57 Å². The van der Waals surface area contributed by atoms with Crippen LogP contribution >= 0.6 is 0 Å². The fourth-order valence-electron chi connectivity index (χ4n) is 4.32. The molecule has 0 radical (unpaired) electrons. The van der Waals surface area contributed by atoms with Crippen molar-refractivity contribution < 1.29 is 19.1 Å². The van der Waals surface area contributed by atoms with Gasteiger partial charge in [0.05, 0.1) is 10.9 Å². The molecule has 4 aromatic rings. The fraction of sp³-hybridized carbons (Fsp3) is 0.280. The number of hydrogen-bond acceptors (Lipinski definition) is 7. The van der Waals surface area contributed by atoms with Crippen LogP contribution in [0.4, 0.5) is 5.69 Å². The molecule has 11 nitrogen and oxygen atoms in total. The molecule has 1 aliphatic heterocycles. The summed E-state index contributed by atoms with van der Waals surface area (Å²) < 4.78 is 8.38. The standard InChI is InChI=1S/C25H24N6O5/c1-15-5-10-19-18(12-15)24(35)29(2)25-28-27-20(31(19)25)14-36-22(33)13-26-23(34)16-6-8-17(9-7-16)30-11-3-4-21(30)32/h5-10,12H,3-4,11,13-14H2,1-2H3,(H,26,34). The molecule has 0 spiro atoms. The van der Waals surface area contributed by atoms with Gasteiger partial charge in [-0.15, -0.1) is 10.2 Å². The van der Waals surface area contributed by atoms with E-state index in [0.717, 1.165) is 17.7 Å². The number of aryl methyl sites for hydroxylation is 2. The minimum atomic E-state index is -0.649. The number of hydrogen-bond donors (Lipinski definition) is 1. The maximum Gasteiger partial charge on any atom is 0.325 e. The summed E-state index contributed by atoms with van der Waals surface area (Å²) in [6.07, 6.45) is 1.35. The van der Waals surface area contributed by atoms with E-state index in [2.05, 4.69) is 15.5 Å². The van der Waals surface area contributed by atoms with Gasteiger partial charge >= 0.3 is 5.97 Å². The molecule has 5 rings (SSSR count). The monoisotopic (exact) mass is 488 g/mol. The molecule has 1 aliphatic rings. The van der Waals surface area contributed by atoms with Crippen molar-refractivity contribution in [3.8, 4) is 0 Å². The summed E-state index contributed by atoms with van der Waals surface area (Å²) >= 11 is 0. The lowest BCUT2D eigenvalue weighted by Gasteiger charge is -2.15. The zero-order valence-electron chi connectivity index (χ0n) is 19.9. The molecule has 0 aliphatic carbocycles. The van der Waals surface area contributed by atoms with E-state index in [1.54, 1.807) is 52.7 Å². The number of carbonyl (C=O) groups is 3. The summed E-state index contributed by atoms with van der Waals surface area (Å²) in [5, 5.41) is 11.2. The van der Waals surface area contributed by atoms with Gasteiger partial charge in [-0.25, -0.2) is 0 Å². The molecule has 0 unspecified atom stereocenters. The van der Waals surface area contributed by atoms with Gasteiger partial charge in [0, 0.05) is 31.3 Å². The van der Waals surface area contributed by atoms with Gasteiger partial charge in [0.2, 0.25) is 11.7 Å². The number of carbonyl (C=O) groups excluding carboxylic acids is 3. The van der Waals surface area contributed by atoms with Crippen LogP contribution in [0, 0.1) is 6.92 Å². The van der Waals surface area contributed by atoms with E-state index in [0.29, 0.717) is 41.0 Å². The molecule has 1 fully saturated rings. The number of aromatic nitrogens is 4. The Hall–Kier alpha value is -4.54. The normalized spacial score (nSPS) is 13.5. The smallest absolute Gasteiger partial charge is 0.325 e. The summed E-state index contributed by atoms with van der Waals surface area (Å²) in [7, 11) is 1.61. The quantitative estimate of drug-likeness (QED) is 0.407. The Morgan fingerprint density at radius 3 is 2.58 bits per heavy atom. The first kappa shape index (κ1) is 23.2. The van der Waals surface area contributed by atoms with Crippen LogP contribution in [-0.2, 0) is 28.0 Å². The van der Waals surface area contributed by atoms with Crippen molar-refractivity contribution in [3.05, 3.63) is 69.8 Å². The van der Waals surface area contributed by atoms with E-state index in [4.69, 9.17) is 4.74 Å². The highest BCUT2D eigenvalue weighted by molar-refractivity contribution is 5.98. The average Bonchev–Trinajstić information content (AvgIpc) is 3.51. The molecule has 1 N–H and O–H groups in total. The van der Waals surface area contributed by atoms with Crippen molar-refractivity contribution in [3.63, 3.8) is 0 Å². The predicted molar refractivity (Wildman–Crippen MR) is 131 cm³/mol. The summed E-state index contributed by atoms with van der Waals surface area (Å²) in [4.78, 5) is 51.0. The van der Waals surface area contributed by atoms with Gasteiger partial charge in [0.15, 0.2) is 12.4 Å². The van der Waals surface area contributed by atoms with Crippen molar-refractivity contribution >= 4 is 40.2 Å². The maximum absolute atomic E-state index is 12.7. The predicted octanol–water partition coefficient (Wildman–Crippen LogP) is 1.49. The molecular formula is C25H24N6O5. The number of nitrogens with zero attached hydrogens (tertiary/aromatic N) is 5. The molecule has 184 valence electrons. The van der Waals surface area contributed by atoms with Crippen molar-refractivity contribution in [2.75, 3.05) is 18.0 Å². The first-order chi connectivity index (χ1) is 17.3. The highest BCUT2D eigenvalue weighted by Crippen LogP contribution is 2.21. The third-order valence-corrected chi connectivity index (χ3v) is 6.21. The van der Waals surface area contributed by atoms with Gasteiger partial charge in [-0.3, -0.25) is 28.1 Å². The minimum Gasteiger partial charge on any atom is -0.456 e. The molecule has 2 aromatic carbocycles. The van der Waals surface area contributed by atoms with Crippen LogP contribution in [0.25, 0.3) is 16.7 Å². The van der Waals surface area contributed by atoms with Gasteiger partial charge in [-0.2, -0.15) is 0 Å². The van der Waals surface area contributed by atoms with Crippen LogP contribution in [0.3, 0.4) is 0 Å². The second-order valence-electron chi connectivity index (χ2n) is 8.68. The topological polar surface area (TPSA) is 128 Å². The Bertz CT molecular complexity index is 1570. The highest BCUT2D eigenvalue weighted by atomic mass is 16.5. The van der Waals surface area contributed by atoms with Crippen LogP contribution < -0.4 is 15.8 Å². The largest absolute Gasteiger partial charge is 0.456 e. The van der Waals surface area contributed by atoms with Crippen LogP contribution in [0.15, 0.2) is 47.3 Å². The van der Waals surface area contributed by atoms with Gasteiger partial charge in [-0.05, 0) is 49.7 Å². The Morgan fingerprint density at radius 2 is 1.86 bits per heavy atom. The Balaban J connectivity index is 1.23. The number of benzene rings is 2. The number of nitrogens with one attached hydrogen (secondary N) is 1. The van der Waals surface area contributed by atoms with E-state index in [9.17, 15) is 19.2 Å².